The fraction of sp³-hybridized carbons (Fsp3) is 0.500. The molecule has 3 rings (SSSR count). The summed E-state index contributed by atoms with van der Waals surface area (Å²) in [6, 6.07) is 8.25. The highest BCUT2D eigenvalue weighted by Crippen LogP contribution is 2.23. The lowest BCUT2D eigenvalue weighted by Gasteiger charge is -2.19. The maximum atomic E-state index is 12.5. The molecule has 1 saturated heterocycles. The molecule has 1 aromatic heterocycles. The lowest BCUT2D eigenvalue weighted by Crippen LogP contribution is -2.34. The molecule has 1 N–H and O–H groups in total. The van der Waals surface area contributed by atoms with Crippen molar-refractivity contribution in [2.45, 2.75) is 46.5 Å². The zero-order valence-electron chi connectivity index (χ0n) is 15.5. The van der Waals surface area contributed by atoms with Gasteiger partial charge in [-0.3, -0.25) is 9.69 Å². The van der Waals surface area contributed by atoms with Gasteiger partial charge >= 0.3 is 0 Å². The first-order valence-electron chi connectivity index (χ1n) is 9.20. The molecule has 134 valence electrons. The summed E-state index contributed by atoms with van der Waals surface area (Å²) in [6.45, 7) is 8.52. The fourth-order valence-electron chi connectivity index (χ4n) is 3.44. The maximum Gasteiger partial charge on any atom is 0.238 e. The average molecular weight is 340 g/mol. The Balaban J connectivity index is 1.72. The Kier molecular flexibility index (Phi) is 5.53. The Labute approximate surface area is 150 Å². The van der Waals surface area contributed by atoms with Gasteiger partial charge in [0.1, 0.15) is 0 Å². The number of rotatable bonds is 4. The van der Waals surface area contributed by atoms with Gasteiger partial charge in [0, 0.05) is 0 Å². The van der Waals surface area contributed by atoms with Crippen molar-refractivity contribution in [1.29, 1.82) is 0 Å². The van der Waals surface area contributed by atoms with Gasteiger partial charge in [-0.05, 0) is 58.8 Å². The summed E-state index contributed by atoms with van der Waals surface area (Å²) >= 11 is 0. The molecule has 0 unspecified atom stereocenters. The maximum absolute atomic E-state index is 12.5. The topological polar surface area (TPSA) is 50.2 Å². The van der Waals surface area contributed by atoms with E-state index in [9.17, 15) is 4.79 Å². The molecule has 0 spiro atoms. The summed E-state index contributed by atoms with van der Waals surface area (Å²) in [5.74, 6) is 0.0524. The number of hydrogen-bond acceptors (Lipinski definition) is 3. The van der Waals surface area contributed by atoms with E-state index >= 15 is 0 Å². The van der Waals surface area contributed by atoms with E-state index in [-0.39, 0.29) is 5.91 Å². The lowest BCUT2D eigenvalue weighted by atomic mass is 10.2. The second-order valence-corrected chi connectivity index (χ2v) is 7.03. The van der Waals surface area contributed by atoms with Gasteiger partial charge in [-0.15, -0.1) is 0 Å². The van der Waals surface area contributed by atoms with Gasteiger partial charge < -0.3 is 5.32 Å². The molecule has 2 heterocycles. The van der Waals surface area contributed by atoms with Gasteiger partial charge in [0.05, 0.1) is 29.3 Å². The highest BCUT2D eigenvalue weighted by atomic mass is 16.2. The zero-order valence-corrected chi connectivity index (χ0v) is 15.5. The van der Waals surface area contributed by atoms with Crippen molar-refractivity contribution in [3.8, 4) is 5.69 Å². The van der Waals surface area contributed by atoms with Crippen LogP contribution in [-0.2, 0) is 4.79 Å². The van der Waals surface area contributed by atoms with E-state index in [4.69, 9.17) is 0 Å². The second-order valence-electron chi connectivity index (χ2n) is 7.03. The van der Waals surface area contributed by atoms with E-state index in [2.05, 4.69) is 46.5 Å². The normalized spacial score (nSPS) is 15.8. The quantitative estimate of drug-likeness (QED) is 0.925. The molecule has 1 amide bonds. The van der Waals surface area contributed by atoms with Crippen LogP contribution in [-0.4, -0.2) is 40.2 Å². The van der Waals surface area contributed by atoms with Crippen molar-refractivity contribution in [2.24, 2.45) is 0 Å². The molecule has 0 aliphatic carbocycles. The van der Waals surface area contributed by atoms with Crippen molar-refractivity contribution < 1.29 is 4.79 Å². The minimum absolute atomic E-state index is 0.0524. The number of anilines is 1. The molecule has 1 aliphatic heterocycles. The molecule has 5 nitrogen and oxygen atoms in total. The number of nitrogens with zero attached hydrogens (tertiary/aromatic N) is 3. The summed E-state index contributed by atoms with van der Waals surface area (Å²) in [4.78, 5) is 14.8. The van der Waals surface area contributed by atoms with Crippen LogP contribution in [0.4, 0.5) is 5.69 Å². The molecule has 0 atom stereocenters. The summed E-state index contributed by atoms with van der Waals surface area (Å²) in [7, 11) is 0. The zero-order chi connectivity index (χ0) is 17.8. The lowest BCUT2D eigenvalue weighted by molar-refractivity contribution is -0.117. The Morgan fingerprint density at radius 1 is 1.04 bits per heavy atom. The van der Waals surface area contributed by atoms with Crippen LogP contribution in [0.15, 0.2) is 24.3 Å². The molecule has 5 heteroatoms. The van der Waals surface area contributed by atoms with E-state index < -0.39 is 0 Å². The number of benzene rings is 1. The first-order chi connectivity index (χ1) is 12.0. The fourth-order valence-corrected chi connectivity index (χ4v) is 3.44. The number of aryl methyl sites for hydroxylation is 2. The minimum atomic E-state index is 0.0524. The first kappa shape index (κ1) is 17.7. The number of carbonyl (C=O) groups is 1. The highest BCUT2D eigenvalue weighted by molar-refractivity contribution is 5.93. The van der Waals surface area contributed by atoms with Crippen LogP contribution in [0, 0.1) is 20.8 Å². The van der Waals surface area contributed by atoms with E-state index in [1.165, 1.54) is 31.2 Å². The standard InChI is InChI=1S/C20H28N4O/c1-15-8-10-18(11-9-15)24-17(3)20(16(2)22-24)21-19(25)14-23-12-6-4-5-7-13-23/h8-11H,4-7,12-14H2,1-3H3,(H,21,25). The number of nitrogens with one attached hydrogen (secondary N) is 1. The van der Waals surface area contributed by atoms with Crippen LogP contribution in [0.1, 0.15) is 42.6 Å². The monoisotopic (exact) mass is 340 g/mol. The third-order valence-electron chi connectivity index (χ3n) is 4.90. The van der Waals surface area contributed by atoms with Gasteiger partial charge in [-0.25, -0.2) is 4.68 Å². The van der Waals surface area contributed by atoms with Crippen molar-refractivity contribution in [3.05, 3.63) is 41.2 Å². The number of carbonyl (C=O) groups excluding carboxylic acids is 1. The predicted octanol–water partition coefficient (Wildman–Crippen LogP) is 3.61. The van der Waals surface area contributed by atoms with Gasteiger partial charge in [0.15, 0.2) is 0 Å². The van der Waals surface area contributed by atoms with Crippen molar-refractivity contribution in [2.75, 3.05) is 25.0 Å². The Morgan fingerprint density at radius 3 is 2.32 bits per heavy atom. The molecular formula is C20H28N4O. The van der Waals surface area contributed by atoms with Crippen LogP contribution in [0.3, 0.4) is 0 Å². The molecule has 0 saturated carbocycles. The van der Waals surface area contributed by atoms with Crippen LogP contribution in [0.2, 0.25) is 0 Å². The third-order valence-corrected chi connectivity index (χ3v) is 4.90. The minimum Gasteiger partial charge on any atom is -0.322 e. The van der Waals surface area contributed by atoms with Crippen molar-refractivity contribution in [1.82, 2.24) is 14.7 Å². The highest BCUT2D eigenvalue weighted by Gasteiger charge is 2.17. The van der Waals surface area contributed by atoms with Gasteiger partial charge in [0.25, 0.3) is 0 Å². The molecular weight excluding hydrogens is 312 g/mol. The Morgan fingerprint density at radius 2 is 1.68 bits per heavy atom. The summed E-state index contributed by atoms with van der Waals surface area (Å²) < 4.78 is 1.90. The number of aromatic nitrogens is 2. The van der Waals surface area contributed by atoms with Crippen LogP contribution >= 0.6 is 0 Å². The predicted molar refractivity (Wildman–Crippen MR) is 101 cm³/mol. The molecule has 1 fully saturated rings. The number of hydrogen-bond donors (Lipinski definition) is 1. The Bertz CT molecular complexity index is 725. The molecule has 25 heavy (non-hydrogen) atoms. The molecule has 1 aromatic carbocycles. The Hall–Kier alpha value is -2.14. The van der Waals surface area contributed by atoms with Gasteiger partial charge in [-0.1, -0.05) is 30.5 Å². The van der Waals surface area contributed by atoms with E-state index in [0.29, 0.717) is 6.54 Å². The smallest absolute Gasteiger partial charge is 0.238 e. The SMILES string of the molecule is Cc1ccc(-n2nc(C)c(NC(=O)CN3CCCCCC3)c2C)cc1. The first-order valence-corrected chi connectivity index (χ1v) is 9.20. The average Bonchev–Trinajstić information content (AvgIpc) is 2.78. The number of likely N-dealkylation sites (tertiary alicyclic amines) is 1. The summed E-state index contributed by atoms with van der Waals surface area (Å²) in [6.07, 6.45) is 4.94. The van der Waals surface area contributed by atoms with Crippen LogP contribution < -0.4 is 5.32 Å². The van der Waals surface area contributed by atoms with Gasteiger partial charge in [-0.2, -0.15) is 5.10 Å². The van der Waals surface area contributed by atoms with E-state index in [0.717, 1.165) is 35.9 Å². The summed E-state index contributed by atoms with van der Waals surface area (Å²) in [5.41, 5.74) is 4.88. The second kappa shape index (κ2) is 7.83. The van der Waals surface area contributed by atoms with Crippen molar-refractivity contribution in [3.63, 3.8) is 0 Å². The largest absolute Gasteiger partial charge is 0.322 e. The van der Waals surface area contributed by atoms with E-state index in [1.807, 2.05) is 18.5 Å². The number of amides is 1. The molecule has 0 radical (unpaired) electrons. The van der Waals surface area contributed by atoms with Crippen LogP contribution in [0.25, 0.3) is 5.69 Å². The molecule has 1 aliphatic rings. The van der Waals surface area contributed by atoms with Gasteiger partial charge in [0.2, 0.25) is 5.91 Å². The molecule has 0 bridgehead atoms. The van der Waals surface area contributed by atoms with E-state index in [1.54, 1.807) is 0 Å². The molecule has 2 aromatic rings. The third kappa shape index (κ3) is 4.28. The van der Waals surface area contributed by atoms with Crippen LogP contribution in [0.5, 0.6) is 0 Å². The van der Waals surface area contributed by atoms with Crippen molar-refractivity contribution >= 4 is 11.6 Å². The summed E-state index contributed by atoms with van der Waals surface area (Å²) in [5, 5.41) is 7.70.